The Morgan fingerprint density at radius 2 is 2.06 bits per heavy atom. The van der Waals surface area contributed by atoms with Crippen molar-refractivity contribution in [2.45, 2.75) is 39.2 Å². The molecule has 176 valence electrons. The molecular weight excluding hydrogens is 431 g/mol. The van der Waals surface area contributed by atoms with Crippen LogP contribution in [0.1, 0.15) is 47.7 Å². The molecule has 0 radical (unpaired) electrons. The van der Waals surface area contributed by atoms with E-state index >= 15 is 0 Å². The minimum Gasteiger partial charge on any atom is -0.495 e. The van der Waals surface area contributed by atoms with Crippen molar-refractivity contribution in [2.24, 2.45) is 5.16 Å². The highest BCUT2D eigenvalue weighted by Crippen LogP contribution is 2.35. The molecular formula is C27H29FN4O2. The summed E-state index contributed by atoms with van der Waals surface area (Å²) in [6.45, 7) is 5.20. The summed E-state index contributed by atoms with van der Waals surface area (Å²) < 4.78 is 21.5. The molecule has 6 nitrogen and oxygen atoms in total. The Morgan fingerprint density at radius 1 is 1.18 bits per heavy atom. The molecule has 0 aliphatic carbocycles. The second kappa shape index (κ2) is 9.33. The molecule has 1 atom stereocenters. The number of halogens is 1. The Hall–Kier alpha value is -3.61. The molecule has 3 aromatic rings. The van der Waals surface area contributed by atoms with Gasteiger partial charge in [0.2, 0.25) is 0 Å². The van der Waals surface area contributed by atoms with Gasteiger partial charge in [-0.05, 0) is 73.2 Å². The highest BCUT2D eigenvalue weighted by molar-refractivity contribution is 6.02. The van der Waals surface area contributed by atoms with E-state index < -0.39 is 0 Å². The number of rotatable bonds is 4. The second-order valence-corrected chi connectivity index (χ2v) is 8.88. The van der Waals surface area contributed by atoms with Crippen LogP contribution in [0.3, 0.4) is 0 Å². The molecule has 0 N–H and O–H groups in total. The van der Waals surface area contributed by atoms with Gasteiger partial charge in [0, 0.05) is 19.2 Å². The van der Waals surface area contributed by atoms with E-state index in [9.17, 15) is 4.39 Å². The SMILES string of the molecule is COc1cc(/C=C2\CCCN3C2=NOCC[C@@H]3c2ccc(F)c(C)c2)ccc1-n1cnc(C)c1. The molecule has 2 aliphatic rings. The molecule has 3 heterocycles. The van der Waals surface area contributed by atoms with E-state index in [2.05, 4.69) is 27.2 Å². The molecule has 34 heavy (non-hydrogen) atoms. The monoisotopic (exact) mass is 460 g/mol. The van der Waals surface area contributed by atoms with Crippen molar-refractivity contribution < 1.29 is 14.0 Å². The first kappa shape index (κ1) is 22.2. The number of oxime groups is 1. The Balaban J connectivity index is 1.47. The summed E-state index contributed by atoms with van der Waals surface area (Å²) in [4.78, 5) is 12.3. The van der Waals surface area contributed by atoms with Crippen molar-refractivity contribution in [3.8, 4) is 11.4 Å². The fourth-order valence-electron chi connectivity index (χ4n) is 4.79. The van der Waals surface area contributed by atoms with Gasteiger partial charge in [-0.15, -0.1) is 0 Å². The maximum atomic E-state index is 13.9. The molecule has 2 aliphatic heterocycles. The third kappa shape index (κ3) is 4.30. The lowest BCUT2D eigenvalue weighted by Gasteiger charge is -2.36. The van der Waals surface area contributed by atoms with Crippen LogP contribution in [-0.4, -0.2) is 40.5 Å². The van der Waals surface area contributed by atoms with Gasteiger partial charge < -0.3 is 19.0 Å². The van der Waals surface area contributed by atoms with E-state index in [1.165, 1.54) is 0 Å². The van der Waals surface area contributed by atoms with E-state index in [-0.39, 0.29) is 11.9 Å². The minimum absolute atomic E-state index is 0.102. The van der Waals surface area contributed by atoms with E-state index in [1.807, 2.05) is 48.9 Å². The van der Waals surface area contributed by atoms with Crippen molar-refractivity contribution >= 4 is 11.9 Å². The molecule has 0 saturated carbocycles. The van der Waals surface area contributed by atoms with Gasteiger partial charge in [-0.25, -0.2) is 9.37 Å². The molecule has 1 fully saturated rings. The fraction of sp³-hybridized carbons (Fsp3) is 0.333. The highest BCUT2D eigenvalue weighted by Gasteiger charge is 2.31. The summed E-state index contributed by atoms with van der Waals surface area (Å²) >= 11 is 0. The average molecular weight is 461 g/mol. The van der Waals surface area contributed by atoms with Crippen molar-refractivity contribution in [2.75, 3.05) is 20.3 Å². The fourth-order valence-corrected chi connectivity index (χ4v) is 4.79. The van der Waals surface area contributed by atoms with Crippen LogP contribution in [-0.2, 0) is 4.84 Å². The smallest absolute Gasteiger partial charge is 0.171 e. The van der Waals surface area contributed by atoms with E-state index in [1.54, 1.807) is 19.5 Å². The summed E-state index contributed by atoms with van der Waals surface area (Å²) in [5.74, 6) is 1.46. The maximum Gasteiger partial charge on any atom is 0.171 e. The Bertz CT molecular complexity index is 1260. The van der Waals surface area contributed by atoms with Gasteiger partial charge in [-0.3, -0.25) is 0 Å². The zero-order valence-electron chi connectivity index (χ0n) is 19.8. The Kier molecular flexibility index (Phi) is 6.09. The predicted octanol–water partition coefficient (Wildman–Crippen LogP) is 5.59. The van der Waals surface area contributed by atoms with Gasteiger partial charge in [0.25, 0.3) is 0 Å². The third-order valence-corrected chi connectivity index (χ3v) is 6.52. The number of ether oxygens (including phenoxy) is 1. The zero-order valence-corrected chi connectivity index (χ0v) is 19.8. The van der Waals surface area contributed by atoms with Gasteiger partial charge >= 0.3 is 0 Å². The lowest BCUT2D eigenvalue weighted by molar-refractivity contribution is 0.140. The third-order valence-electron chi connectivity index (χ3n) is 6.52. The molecule has 0 spiro atoms. The summed E-state index contributed by atoms with van der Waals surface area (Å²) in [6, 6.07) is 11.7. The zero-order chi connectivity index (χ0) is 23.7. The van der Waals surface area contributed by atoms with E-state index in [0.29, 0.717) is 12.2 Å². The van der Waals surface area contributed by atoms with Gasteiger partial charge in [0.15, 0.2) is 5.84 Å². The molecule has 5 rings (SSSR count). The largest absolute Gasteiger partial charge is 0.495 e. The van der Waals surface area contributed by atoms with Crippen molar-refractivity contribution in [3.63, 3.8) is 0 Å². The molecule has 0 amide bonds. The Morgan fingerprint density at radius 3 is 2.82 bits per heavy atom. The minimum atomic E-state index is -0.176. The molecule has 0 unspecified atom stereocenters. The number of fused-ring (bicyclic) bond motifs is 1. The van der Waals surface area contributed by atoms with E-state index in [0.717, 1.165) is 65.5 Å². The first-order chi connectivity index (χ1) is 16.5. The number of piperidine rings is 1. The van der Waals surface area contributed by atoms with Crippen LogP contribution < -0.4 is 4.74 Å². The number of imidazole rings is 1. The summed E-state index contributed by atoms with van der Waals surface area (Å²) in [5.41, 5.74) is 5.82. The summed E-state index contributed by atoms with van der Waals surface area (Å²) in [7, 11) is 1.68. The van der Waals surface area contributed by atoms with Gasteiger partial charge in [-0.1, -0.05) is 23.4 Å². The lowest BCUT2D eigenvalue weighted by Crippen LogP contribution is -2.39. The van der Waals surface area contributed by atoms with Crippen LogP contribution in [0.2, 0.25) is 0 Å². The topological polar surface area (TPSA) is 51.9 Å². The van der Waals surface area contributed by atoms with Gasteiger partial charge in [0.1, 0.15) is 18.2 Å². The summed E-state index contributed by atoms with van der Waals surface area (Å²) in [6.07, 6.45) is 8.67. The average Bonchev–Trinajstić information content (AvgIpc) is 3.15. The van der Waals surface area contributed by atoms with E-state index in [4.69, 9.17) is 9.57 Å². The van der Waals surface area contributed by atoms with Gasteiger partial charge in [0.05, 0.1) is 30.9 Å². The van der Waals surface area contributed by atoms with Crippen molar-refractivity contribution in [1.29, 1.82) is 0 Å². The number of nitrogens with zero attached hydrogens (tertiary/aromatic N) is 4. The first-order valence-corrected chi connectivity index (χ1v) is 11.7. The number of aromatic nitrogens is 2. The first-order valence-electron chi connectivity index (χ1n) is 11.7. The summed E-state index contributed by atoms with van der Waals surface area (Å²) in [5, 5.41) is 4.51. The van der Waals surface area contributed by atoms with Gasteiger partial charge in [-0.2, -0.15) is 0 Å². The number of aryl methyl sites for hydroxylation is 2. The van der Waals surface area contributed by atoms with Crippen LogP contribution in [0.15, 0.2) is 59.7 Å². The number of hydrogen-bond donors (Lipinski definition) is 0. The second-order valence-electron chi connectivity index (χ2n) is 8.88. The van der Waals surface area contributed by atoms with Crippen molar-refractivity contribution in [3.05, 3.63) is 82.7 Å². The predicted molar refractivity (Wildman–Crippen MR) is 131 cm³/mol. The number of amidine groups is 1. The molecule has 0 bridgehead atoms. The molecule has 7 heteroatoms. The molecule has 1 saturated heterocycles. The van der Waals surface area contributed by atoms with Crippen LogP contribution in [0, 0.1) is 19.7 Å². The number of hydrogen-bond acceptors (Lipinski definition) is 5. The normalized spacial score (nSPS) is 19.3. The van der Waals surface area contributed by atoms with Crippen LogP contribution >= 0.6 is 0 Å². The van der Waals surface area contributed by atoms with Crippen LogP contribution in [0.25, 0.3) is 11.8 Å². The number of methoxy groups -OCH3 is 1. The lowest BCUT2D eigenvalue weighted by atomic mass is 9.94. The molecule has 2 aromatic carbocycles. The van der Waals surface area contributed by atoms with Crippen LogP contribution in [0.4, 0.5) is 4.39 Å². The quantitative estimate of drug-likeness (QED) is 0.509. The number of benzene rings is 2. The Labute approximate surface area is 199 Å². The van der Waals surface area contributed by atoms with Crippen molar-refractivity contribution in [1.82, 2.24) is 14.5 Å². The maximum absolute atomic E-state index is 13.9. The highest BCUT2D eigenvalue weighted by atomic mass is 19.1. The van der Waals surface area contributed by atoms with Crippen LogP contribution in [0.5, 0.6) is 5.75 Å². The standard InChI is InChI=1S/C27H29FN4O2/c1-18-13-21(7-8-23(18)28)24-10-12-34-30-27-22(5-4-11-32(24)27)14-20-6-9-25(26(15-20)33-3)31-16-19(2)29-17-31/h6-9,13-17,24H,4-5,10-12H2,1-3H3/b22-14+/t24-/m1/s1. The molecule has 1 aromatic heterocycles.